The Morgan fingerprint density at radius 2 is 0.646 bits per heavy atom. The van der Waals surface area contributed by atoms with E-state index in [-0.39, 0.29) is 105 Å². The van der Waals surface area contributed by atoms with Crippen LogP contribution in [0.1, 0.15) is 153 Å². The fourth-order valence-electron chi connectivity index (χ4n) is 14.2. The first-order valence-corrected chi connectivity index (χ1v) is 47.5. The van der Waals surface area contributed by atoms with Gasteiger partial charge in [0.25, 0.3) is 10.1 Å². The van der Waals surface area contributed by atoms with E-state index in [0.29, 0.717) is 68.4 Å². The van der Waals surface area contributed by atoms with Crippen LogP contribution in [-0.2, 0) is 64.8 Å². The average Bonchev–Trinajstić information content (AvgIpc) is 0.788. The molecule has 10 aromatic carbocycles. The van der Waals surface area contributed by atoms with Crippen LogP contribution in [0, 0.1) is 20.8 Å². The summed E-state index contributed by atoms with van der Waals surface area (Å²) < 4.78 is 175. The summed E-state index contributed by atoms with van der Waals surface area (Å²) in [5.74, 6) is 0. The first kappa shape index (κ1) is 104. The van der Waals surface area contributed by atoms with Crippen molar-refractivity contribution in [2.24, 2.45) is 5.73 Å². The molecule has 0 radical (unpaired) electrons. The maximum absolute atomic E-state index is 13.6. The number of sulfonamides is 3. The summed E-state index contributed by atoms with van der Waals surface area (Å²) >= 11 is 0. The predicted octanol–water partition coefficient (Wildman–Crippen LogP) is 17.4. The third-order valence-electron chi connectivity index (χ3n) is 21.2. The van der Waals surface area contributed by atoms with Crippen molar-refractivity contribution in [3.63, 3.8) is 0 Å². The molecule has 3 aliphatic rings. The zero-order chi connectivity index (χ0) is 89.3. The second-order valence-corrected chi connectivity index (χ2v) is 37.5. The van der Waals surface area contributed by atoms with Crippen LogP contribution in [0.4, 0.5) is 13.2 Å². The van der Waals surface area contributed by atoms with Crippen molar-refractivity contribution >= 4 is 52.6 Å². The van der Waals surface area contributed by atoms with Crippen molar-refractivity contribution in [3.05, 3.63) is 405 Å². The number of nitrogens with two attached hydrogens (primary N) is 1. The van der Waals surface area contributed by atoms with Gasteiger partial charge < -0.3 is 32.0 Å². The van der Waals surface area contributed by atoms with Crippen LogP contribution in [0.3, 0.4) is 0 Å². The minimum absolute atomic E-state index is 0. The summed E-state index contributed by atoms with van der Waals surface area (Å²) in [5, 5.41) is 7.17. The Labute approximate surface area is 799 Å². The molecule has 0 saturated carbocycles. The van der Waals surface area contributed by atoms with Crippen molar-refractivity contribution in [3.8, 4) is 0 Å². The minimum atomic E-state index is -4.81. The molecule has 0 aliphatic heterocycles. The van der Waals surface area contributed by atoms with E-state index in [2.05, 4.69) is 82.0 Å². The van der Waals surface area contributed by atoms with Crippen LogP contribution in [0.25, 0.3) is 0 Å². The number of hydrogen-bond acceptors (Lipinski definition) is 15. The first-order valence-electron chi connectivity index (χ1n) is 41.6. The van der Waals surface area contributed by atoms with Crippen molar-refractivity contribution in [2.45, 2.75) is 142 Å². The Morgan fingerprint density at radius 3 is 0.992 bits per heavy atom. The van der Waals surface area contributed by atoms with Crippen LogP contribution < -0.4 is 81.9 Å². The zero-order valence-corrected chi connectivity index (χ0v) is 79.9. The largest absolute Gasteiger partial charge is 1.00 e. The standard InChI is InChI=1S/2C31H36N2O3S.C21H19F3N2O2S.C17H22O4S.ClH.K.H/c2*1-24-17-19-26(20-18-24)23-36-22-21-32-30(27-12-5-3-6-13-27)31(28-14-7-4-8-15-28)33-37(34,35)29-16-10-9-11-25(29)2;22-21(23,24)17-13-7-8-14-18(17)29(27,28)26-20(16-11-5-2-6-12-16)19(25)15-9-3-1-4-10-15;1-14-3-7-16(8-4-14)13-20-11-12-21-22(18,19)17-9-5-15(2)6-10-17;;;/h2*3-17,20,30-33H,18-19,21-23H2,1-2H3;1-14,19-20,26H,25H2;3,5-6,8-10H,4,7,11-13H2,1-2H3;1H;;/q;;;;;+1;-1/t2*30-,31-;19-,20-;;;;/m111..../s1. The second kappa shape index (κ2) is 52.0. The number of halogens is 4. The molecule has 7 N–H and O–H groups in total. The van der Waals surface area contributed by atoms with E-state index in [0.717, 1.165) is 84.5 Å². The van der Waals surface area contributed by atoms with Gasteiger partial charge in [0, 0.05) is 13.1 Å². The summed E-state index contributed by atoms with van der Waals surface area (Å²) in [6.07, 6.45) is 14.3. The van der Waals surface area contributed by atoms with Crippen molar-refractivity contribution in [1.82, 2.24) is 24.8 Å². The molecule has 0 fully saturated rings. The molecule has 127 heavy (non-hydrogen) atoms. The van der Waals surface area contributed by atoms with Gasteiger partial charge in [0.05, 0.1) is 108 Å². The molecule has 27 heteroatoms. The molecule has 0 spiro atoms. The Bertz CT molecular complexity index is 5570. The van der Waals surface area contributed by atoms with Gasteiger partial charge >= 0.3 is 57.6 Å². The molecule has 0 bridgehead atoms. The molecule has 3 aliphatic carbocycles. The summed E-state index contributed by atoms with van der Waals surface area (Å²) in [6.45, 7) is 16.2. The molecule has 0 aromatic heterocycles. The van der Waals surface area contributed by atoms with Crippen molar-refractivity contribution in [1.29, 1.82) is 0 Å². The third-order valence-corrected chi connectivity index (χ3v) is 27.3. The van der Waals surface area contributed by atoms with Gasteiger partial charge in [-0.25, -0.2) is 39.4 Å². The number of nitrogens with one attached hydrogen (secondary N) is 5. The zero-order valence-electron chi connectivity index (χ0n) is 73.7. The average molecular weight is 1850 g/mol. The van der Waals surface area contributed by atoms with Gasteiger partial charge in [-0.1, -0.05) is 301 Å². The summed E-state index contributed by atoms with van der Waals surface area (Å²) in [7, 11) is -15.8. The number of aryl methyl sites for hydroxylation is 3. The van der Waals surface area contributed by atoms with Gasteiger partial charge in [0.2, 0.25) is 30.1 Å². The van der Waals surface area contributed by atoms with Crippen LogP contribution in [0.5, 0.6) is 0 Å². The SMILES string of the molecule is CC1=CCC(COCCN[C@H](c2ccccc2)[C@H](NS(=O)(=O)c2ccccc2C)c2ccccc2)=CC1.CC1=CCC(COCCN[C@H](c2ccccc2)[C@H](NS(=O)(=O)c2ccccc2C)c2ccccc2)=CC1.CC1=CCC(COCCOS(=O)(=O)c2ccc(C)cc2)=CC1.Cl.N[C@H](c1ccccc1)[C@H](NS(=O)(=O)c1ccccc1C(F)(F)F)c1ccccc1.[H-].[K+]. The van der Waals surface area contributed by atoms with Gasteiger partial charge in [0.15, 0.2) is 0 Å². The number of hydrogen-bond donors (Lipinski definition) is 6. The maximum atomic E-state index is 13.6. The van der Waals surface area contributed by atoms with Gasteiger partial charge in [-0.3, -0.25) is 4.18 Å². The summed E-state index contributed by atoms with van der Waals surface area (Å²) in [6, 6.07) is 78.0. The maximum Gasteiger partial charge on any atom is 1.00 e. The first-order chi connectivity index (χ1) is 60.0. The summed E-state index contributed by atoms with van der Waals surface area (Å²) in [5.41, 5.74) is 20.5. The van der Waals surface area contributed by atoms with Crippen LogP contribution in [0.15, 0.2) is 369 Å². The fourth-order valence-corrected chi connectivity index (χ4v) is 19.6. The number of alkyl halides is 3. The number of allylic oxidation sites excluding steroid dienone is 9. The third kappa shape index (κ3) is 33.0. The normalized spacial score (nSPS) is 15.0. The van der Waals surface area contributed by atoms with Gasteiger partial charge in [-0.15, -0.1) is 12.4 Å². The van der Waals surface area contributed by atoms with E-state index >= 15 is 0 Å². The fraction of sp³-hybridized carbons (Fsp3) is 0.280. The van der Waals surface area contributed by atoms with E-state index in [4.69, 9.17) is 24.1 Å². The van der Waals surface area contributed by atoms with E-state index in [1.807, 2.05) is 166 Å². The van der Waals surface area contributed by atoms with Crippen LogP contribution in [-0.4, -0.2) is 93.0 Å². The predicted molar refractivity (Wildman–Crippen MR) is 498 cm³/mol. The Balaban J connectivity index is 0.000000236. The second-order valence-electron chi connectivity index (χ2n) is 30.9. The van der Waals surface area contributed by atoms with Crippen molar-refractivity contribution in [2.75, 3.05) is 59.3 Å². The monoisotopic (exact) mass is 1850 g/mol. The number of rotatable bonds is 37. The number of ether oxygens (including phenoxy) is 3. The Hall–Kier alpha value is -8.24. The molecule has 670 valence electrons. The molecular formula is C100H115ClF3KN6O12S4. The minimum Gasteiger partial charge on any atom is -1.00 e. The molecule has 0 heterocycles. The number of benzene rings is 10. The Morgan fingerprint density at radius 1 is 0.346 bits per heavy atom. The topological polar surface area (TPSA) is 260 Å². The van der Waals surface area contributed by atoms with E-state index in [1.54, 1.807) is 109 Å². The molecule has 0 amide bonds. The molecule has 6 atom stereocenters. The Kier molecular flexibility index (Phi) is 42.6. The summed E-state index contributed by atoms with van der Waals surface area (Å²) in [4.78, 5) is -0.0883. The van der Waals surface area contributed by atoms with Gasteiger partial charge in [0.1, 0.15) is 0 Å². The molecule has 0 unspecified atom stereocenters. The molecular weight excluding hydrogens is 1740 g/mol. The van der Waals surface area contributed by atoms with Crippen LogP contribution >= 0.6 is 12.4 Å². The molecule has 0 saturated heterocycles. The van der Waals surface area contributed by atoms with E-state index in [1.165, 1.54) is 39.5 Å². The molecule has 10 aromatic rings. The van der Waals surface area contributed by atoms with Gasteiger partial charge in [-0.2, -0.15) is 21.6 Å². The van der Waals surface area contributed by atoms with E-state index < -0.39 is 81.0 Å². The van der Waals surface area contributed by atoms with Crippen molar-refractivity contribution < 1.29 is 118 Å². The molecule has 13 rings (SSSR count). The van der Waals surface area contributed by atoms with Crippen LogP contribution in [0.2, 0.25) is 0 Å². The molecule has 18 nitrogen and oxygen atoms in total. The van der Waals surface area contributed by atoms with Gasteiger partial charge in [-0.05, 0) is 178 Å². The smallest absolute Gasteiger partial charge is 1.00 e. The van der Waals surface area contributed by atoms with E-state index in [9.17, 15) is 46.8 Å². The quantitative estimate of drug-likeness (QED) is 0.00915.